The number of rotatable bonds is 3. The Hall–Kier alpha value is -1.00. The molecule has 1 aliphatic heterocycles. The molecule has 4 heteroatoms. The minimum absolute atomic E-state index is 0.390. The number of nitrogens with zero attached hydrogens (tertiary/aromatic N) is 2. The maximum Gasteiger partial charge on any atom is 0.122 e. The van der Waals surface area contributed by atoms with E-state index < -0.39 is 0 Å². The van der Waals surface area contributed by atoms with E-state index in [0.29, 0.717) is 4.99 Å². The highest BCUT2D eigenvalue weighted by atomic mass is 32.1. The van der Waals surface area contributed by atoms with Gasteiger partial charge in [-0.15, -0.1) is 0 Å². The second-order valence-corrected chi connectivity index (χ2v) is 6.58. The van der Waals surface area contributed by atoms with Gasteiger partial charge in [-0.2, -0.15) is 0 Å². The Balaban J connectivity index is 1.72. The van der Waals surface area contributed by atoms with Gasteiger partial charge in [-0.1, -0.05) is 25.1 Å². The quantitative estimate of drug-likeness (QED) is 0.869. The summed E-state index contributed by atoms with van der Waals surface area (Å²) in [5.41, 5.74) is 7.71. The number of pyridine rings is 1. The van der Waals surface area contributed by atoms with Gasteiger partial charge in [0, 0.05) is 18.8 Å². The lowest BCUT2D eigenvalue weighted by Gasteiger charge is -2.44. The van der Waals surface area contributed by atoms with E-state index in [-0.39, 0.29) is 0 Å². The van der Waals surface area contributed by atoms with E-state index >= 15 is 0 Å². The minimum Gasteiger partial charge on any atom is -0.388 e. The molecule has 1 aliphatic carbocycles. The maximum atomic E-state index is 5.68. The van der Waals surface area contributed by atoms with Crippen LogP contribution in [0.5, 0.6) is 0 Å². The predicted molar refractivity (Wildman–Crippen MR) is 85.5 cm³/mol. The zero-order chi connectivity index (χ0) is 13.9. The monoisotopic (exact) mass is 289 g/mol. The third-order valence-corrected chi connectivity index (χ3v) is 5.03. The van der Waals surface area contributed by atoms with Gasteiger partial charge in [-0.25, -0.2) is 0 Å². The van der Waals surface area contributed by atoms with Crippen LogP contribution in [0.25, 0.3) is 0 Å². The van der Waals surface area contributed by atoms with Gasteiger partial charge in [-0.05, 0) is 55.8 Å². The van der Waals surface area contributed by atoms with Crippen LogP contribution in [-0.4, -0.2) is 27.5 Å². The average Bonchev–Trinajstić information content (AvgIpc) is 2.48. The summed E-state index contributed by atoms with van der Waals surface area (Å²) < 4.78 is 0. The van der Waals surface area contributed by atoms with Crippen LogP contribution in [0.1, 0.15) is 49.8 Å². The van der Waals surface area contributed by atoms with Crippen molar-refractivity contribution in [2.24, 2.45) is 11.7 Å². The largest absolute Gasteiger partial charge is 0.388 e. The van der Waals surface area contributed by atoms with E-state index in [1.165, 1.54) is 50.6 Å². The molecule has 0 bridgehead atoms. The molecule has 0 spiro atoms. The van der Waals surface area contributed by atoms with Crippen molar-refractivity contribution in [2.45, 2.75) is 51.1 Å². The number of hydrogen-bond donors (Lipinski definition) is 1. The Kier molecular flexibility index (Phi) is 4.32. The van der Waals surface area contributed by atoms with Crippen molar-refractivity contribution in [3.05, 3.63) is 29.6 Å². The molecule has 108 valence electrons. The second-order valence-electron chi connectivity index (χ2n) is 6.14. The molecule has 3 rings (SSSR count). The fraction of sp³-hybridized carbons (Fsp3) is 0.625. The van der Waals surface area contributed by atoms with Crippen LogP contribution in [0, 0.1) is 5.92 Å². The topological polar surface area (TPSA) is 42.1 Å². The van der Waals surface area contributed by atoms with Crippen molar-refractivity contribution in [3.63, 3.8) is 0 Å². The van der Waals surface area contributed by atoms with Crippen LogP contribution in [0.3, 0.4) is 0 Å². The Morgan fingerprint density at radius 2 is 2.10 bits per heavy atom. The molecule has 2 N–H and O–H groups in total. The molecule has 0 amide bonds. The Morgan fingerprint density at radius 3 is 2.95 bits per heavy atom. The molecule has 0 radical (unpaired) electrons. The fourth-order valence-corrected chi connectivity index (χ4v) is 3.98. The van der Waals surface area contributed by atoms with Crippen molar-refractivity contribution < 1.29 is 0 Å². The lowest BCUT2D eigenvalue weighted by Crippen LogP contribution is -2.46. The lowest BCUT2D eigenvalue weighted by atomic mass is 9.78. The van der Waals surface area contributed by atoms with Crippen molar-refractivity contribution in [1.29, 1.82) is 0 Å². The molecular weight excluding hydrogens is 266 g/mol. The van der Waals surface area contributed by atoms with Gasteiger partial charge in [0.05, 0.1) is 5.69 Å². The van der Waals surface area contributed by atoms with Crippen LogP contribution in [-0.2, 0) is 6.54 Å². The van der Waals surface area contributed by atoms with Gasteiger partial charge in [0.15, 0.2) is 0 Å². The van der Waals surface area contributed by atoms with E-state index in [4.69, 9.17) is 18.0 Å². The van der Waals surface area contributed by atoms with Crippen molar-refractivity contribution >= 4 is 17.2 Å². The summed E-state index contributed by atoms with van der Waals surface area (Å²) in [6, 6.07) is 4.93. The van der Waals surface area contributed by atoms with Crippen LogP contribution >= 0.6 is 12.2 Å². The first-order chi connectivity index (χ1) is 9.74. The van der Waals surface area contributed by atoms with Gasteiger partial charge < -0.3 is 5.73 Å². The summed E-state index contributed by atoms with van der Waals surface area (Å²) in [5, 5.41) is 0. The molecule has 1 saturated heterocycles. The Bertz CT molecular complexity index is 486. The minimum atomic E-state index is 0.390. The van der Waals surface area contributed by atoms with E-state index in [9.17, 15) is 0 Å². The zero-order valence-electron chi connectivity index (χ0n) is 11.9. The lowest BCUT2D eigenvalue weighted by molar-refractivity contribution is 0.0547. The first kappa shape index (κ1) is 14.0. The molecule has 2 heterocycles. The van der Waals surface area contributed by atoms with E-state index in [1.54, 1.807) is 0 Å². The molecule has 0 unspecified atom stereocenters. The molecule has 1 aromatic heterocycles. The van der Waals surface area contributed by atoms with Gasteiger partial charge in [0.25, 0.3) is 0 Å². The van der Waals surface area contributed by atoms with Crippen molar-refractivity contribution in [2.75, 3.05) is 6.54 Å². The average molecular weight is 289 g/mol. The molecule has 0 aromatic carbocycles. The van der Waals surface area contributed by atoms with Gasteiger partial charge in [0.2, 0.25) is 0 Å². The molecule has 1 saturated carbocycles. The third kappa shape index (κ3) is 3.01. The molecule has 1 aromatic rings. The molecule has 2 fully saturated rings. The standard InChI is InChI=1S/C16H23N3S/c17-16(20)14-10-12(7-8-18-14)11-19-9-3-5-13-4-1-2-6-15(13)19/h7-8,10,13,15H,1-6,9,11H2,(H2,17,20)/t13-,15-/m1/s1. The van der Waals surface area contributed by atoms with Crippen LogP contribution < -0.4 is 5.73 Å². The molecular formula is C16H23N3S. The fourth-order valence-electron chi connectivity index (χ4n) is 3.87. The summed E-state index contributed by atoms with van der Waals surface area (Å²) in [5.74, 6) is 0.925. The Labute approximate surface area is 126 Å². The summed E-state index contributed by atoms with van der Waals surface area (Å²) in [7, 11) is 0. The highest BCUT2D eigenvalue weighted by molar-refractivity contribution is 7.80. The molecule has 2 atom stereocenters. The van der Waals surface area contributed by atoms with Crippen molar-refractivity contribution in [3.8, 4) is 0 Å². The summed E-state index contributed by atoms with van der Waals surface area (Å²) >= 11 is 5.02. The number of aromatic nitrogens is 1. The highest BCUT2D eigenvalue weighted by Crippen LogP contribution is 2.35. The summed E-state index contributed by atoms with van der Waals surface area (Å²) in [6.45, 7) is 2.24. The van der Waals surface area contributed by atoms with E-state index in [2.05, 4.69) is 22.0 Å². The number of likely N-dealkylation sites (tertiary alicyclic amines) is 1. The number of piperidine rings is 1. The second kappa shape index (κ2) is 6.19. The zero-order valence-corrected chi connectivity index (χ0v) is 12.7. The normalized spacial score (nSPS) is 27.0. The third-order valence-electron chi connectivity index (χ3n) is 4.82. The first-order valence-electron chi connectivity index (χ1n) is 7.73. The molecule has 20 heavy (non-hydrogen) atoms. The Morgan fingerprint density at radius 1 is 1.30 bits per heavy atom. The van der Waals surface area contributed by atoms with E-state index in [1.807, 2.05) is 6.20 Å². The number of hydrogen-bond acceptors (Lipinski definition) is 3. The smallest absolute Gasteiger partial charge is 0.122 e. The number of nitrogens with two attached hydrogens (primary N) is 1. The van der Waals surface area contributed by atoms with Crippen LogP contribution in [0.15, 0.2) is 18.3 Å². The van der Waals surface area contributed by atoms with Gasteiger partial charge in [0.1, 0.15) is 4.99 Å². The van der Waals surface area contributed by atoms with Gasteiger partial charge in [-0.3, -0.25) is 9.88 Å². The molecule has 3 nitrogen and oxygen atoms in total. The van der Waals surface area contributed by atoms with Crippen LogP contribution in [0.4, 0.5) is 0 Å². The first-order valence-corrected chi connectivity index (χ1v) is 8.13. The summed E-state index contributed by atoms with van der Waals surface area (Å²) in [4.78, 5) is 7.29. The number of fused-ring (bicyclic) bond motifs is 1. The SMILES string of the molecule is NC(=S)c1cc(CN2CCC[C@H]3CCCC[C@H]32)ccn1. The maximum absolute atomic E-state index is 5.68. The van der Waals surface area contributed by atoms with Gasteiger partial charge >= 0.3 is 0 Å². The predicted octanol–water partition coefficient (Wildman–Crippen LogP) is 2.87. The van der Waals surface area contributed by atoms with Crippen LogP contribution in [0.2, 0.25) is 0 Å². The number of thiocarbonyl (C=S) groups is 1. The van der Waals surface area contributed by atoms with Crippen molar-refractivity contribution in [1.82, 2.24) is 9.88 Å². The summed E-state index contributed by atoms with van der Waals surface area (Å²) in [6.07, 6.45) is 10.2. The molecule has 2 aliphatic rings. The van der Waals surface area contributed by atoms with E-state index in [0.717, 1.165) is 24.2 Å². The highest BCUT2D eigenvalue weighted by Gasteiger charge is 2.32.